The number of methoxy groups -OCH3 is 1. The number of hydrogen-bond acceptors (Lipinski definition) is 6. The van der Waals surface area contributed by atoms with Crippen molar-refractivity contribution < 1.29 is 19.1 Å². The van der Waals surface area contributed by atoms with Crippen LogP contribution >= 0.6 is 31.9 Å². The maximum absolute atomic E-state index is 12.5. The summed E-state index contributed by atoms with van der Waals surface area (Å²) < 4.78 is 13.7. The minimum absolute atomic E-state index is 0.208. The van der Waals surface area contributed by atoms with E-state index in [-0.39, 0.29) is 12.3 Å². The average molecular weight is 565 g/mol. The normalized spacial score (nSPS) is 10.8. The fourth-order valence-corrected chi connectivity index (χ4v) is 3.42. The van der Waals surface area contributed by atoms with Gasteiger partial charge in [-0.15, -0.1) is 0 Å². The molecule has 0 bridgehead atoms. The summed E-state index contributed by atoms with van der Waals surface area (Å²) in [4.78, 5) is 23.4. The van der Waals surface area contributed by atoms with Crippen LogP contribution in [0, 0.1) is 0 Å². The largest absolute Gasteiger partial charge is 0.493 e. The Morgan fingerprint density at radius 2 is 1.94 bits per heavy atom. The molecule has 0 radical (unpaired) electrons. The van der Waals surface area contributed by atoms with Crippen LogP contribution in [0.1, 0.15) is 21.6 Å². The molecule has 2 aromatic carbocycles. The molecule has 1 heterocycles. The van der Waals surface area contributed by atoms with E-state index in [1.165, 1.54) is 13.3 Å². The number of amides is 2. The van der Waals surface area contributed by atoms with E-state index < -0.39 is 11.8 Å². The fraction of sp³-hybridized carbons (Fsp3) is 0.143. The molecule has 9 nitrogen and oxygen atoms in total. The van der Waals surface area contributed by atoms with Gasteiger partial charge in [0.15, 0.2) is 23.8 Å². The predicted octanol–water partition coefficient (Wildman–Crippen LogP) is 3.09. The lowest BCUT2D eigenvalue weighted by Gasteiger charge is -2.09. The Hall–Kier alpha value is -3.18. The second-order valence-corrected chi connectivity index (χ2v) is 8.28. The first kappa shape index (κ1) is 23.5. The number of primary amides is 1. The summed E-state index contributed by atoms with van der Waals surface area (Å²) in [6, 6.07) is 12.8. The van der Waals surface area contributed by atoms with Crippen molar-refractivity contribution in [2.45, 2.75) is 6.54 Å². The molecule has 11 heteroatoms. The van der Waals surface area contributed by atoms with Crippen molar-refractivity contribution in [3.05, 3.63) is 74.4 Å². The zero-order valence-corrected chi connectivity index (χ0v) is 20.1. The van der Waals surface area contributed by atoms with Crippen LogP contribution in [0.4, 0.5) is 0 Å². The molecule has 3 aromatic rings. The van der Waals surface area contributed by atoms with Gasteiger partial charge in [-0.2, -0.15) is 10.2 Å². The smallest absolute Gasteiger partial charge is 0.293 e. The molecule has 0 unspecified atom stereocenters. The molecule has 3 N–H and O–H groups in total. The molecule has 3 rings (SSSR count). The first-order chi connectivity index (χ1) is 15.4. The maximum Gasteiger partial charge on any atom is 0.293 e. The number of hydrogen-bond donors (Lipinski definition) is 2. The van der Waals surface area contributed by atoms with E-state index >= 15 is 0 Å². The summed E-state index contributed by atoms with van der Waals surface area (Å²) in [5, 5.41) is 8.29. The molecule has 0 aliphatic heterocycles. The van der Waals surface area contributed by atoms with Crippen molar-refractivity contribution in [2.75, 3.05) is 13.7 Å². The minimum atomic E-state index is -0.608. The van der Waals surface area contributed by atoms with Crippen LogP contribution in [0.3, 0.4) is 0 Å². The number of benzene rings is 2. The van der Waals surface area contributed by atoms with Crippen LogP contribution < -0.4 is 20.6 Å². The number of rotatable bonds is 9. The van der Waals surface area contributed by atoms with Crippen LogP contribution in [-0.2, 0) is 11.3 Å². The van der Waals surface area contributed by atoms with Gasteiger partial charge in [0.2, 0.25) is 0 Å². The van der Waals surface area contributed by atoms with Crippen molar-refractivity contribution in [1.29, 1.82) is 0 Å². The Balaban J connectivity index is 1.65. The van der Waals surface area contributed by atoms with Crippen molar-refractivity contribution in [2.24, 2.45) is 10.8 Å². The van der Waals surface area contributed by atoms with Crippen molar-refractivity contribution in [3.63, 3.8) is 0 Å². The van der Waals surface area contributed by atoms with E-state index in [1.807, 2.05) is 24.3 Å². The lowest BCUT2D eigenvalue weighted by molar-refractivity contribution is -0.119. The number of carbonyl (C=O) groups excluding carboxylic acids is 2. The van der Waals surface area contributed by atoms with Gasteiger partial charge in [-0.05, 0) is 57.4 Å². The quantitative estimate of drug-likeness (QED) is 0.305. The number of nitrogens with one attached hydrogen (secondary N) is 1. The standard InChI is InChI=1S/C21H19Br2N5O4/c1-31-17-7-4-14(8-18(17)32-12-19(24)29)9-25-26-21(30)20-16(23)11-28(27-20)10-13-2-5-15(22)6-3-13/h2-9,11H,10,12H2,1H3,(H2,24,29)(H,26,30)/b25-9-. The molecular formula is C21H19Br2N5O4. The van der Waals surface area contributed by atoms with Crippen LogP contribution in [-0.4, -0.2) is 41.5 Å². The Labute approximate surface area is 200 Å². The molecule has 166 valence electrons. The fourth-order valence-electron chi connectivity index (χ4n) is 2.66. The molecule has 32 heavy (non-hydrogen) atoms. The van der Waals surface area contributed by atoms with Gasteiger partial charge < -0.3 is 15.2 Å². The van der Waals surface area contributed by atoms with E-state index in [1.54, 1.807) is 29.1 Å². The van der Waals surface area contributed by atoms with E-state index in [0.717, 1.165) is 10.0 Å². The lowest BCUT2D eigenvalue weighted by atomic mass is 10.2. The number of ether oxygens (including phenoxy) is 2. The van der Waals surface area contributed by atoms with Gasteiger partial charge in [-0.1, -0.05) is 28.1 Å². The van der Waals surface area contributed by atoms with Crippen molar-refractivity contribution in [1.82, 2.24) is 15.2 Å². The van der Waals surface area contributed by atoms with Gasteiger partial charge >= 0.3 is 0 Å². The van der Waals surface area contributed by atoms with Crippen LogP contribution in [0.25, 0.3) is 0 Å². The third kappa shape index (κ3) is 6.41. The maximum atomic E-state index is 12.5. The van der Waals surface area contributed by atoms with Gasteiger partial charge in [0.25, 0.3) is 11.8 Å². The molecule has 0 aliphatic carbocycles. The van der Waals surface area contributed by atoms with Gasteiger partial charge in [-0.25, -0.2) is 5.43 Å². The van der Waals surface area contributed by atoms with Crippen LogP contribution in [0.5, 0.6) is 11.5 Å². The third-order valence-corrected chi connectivity index (χ3v) is 5.24. The monoisotopic (exact) mass is 563 g/mol. The van der Waals surface area contributed by atoms with Crippen LogP contribution in [0.2, 0.25) is 0 Å². The first-order valence-electron chi connectivity index (χ1n) is 9.25. The zero-order valence-electron chi connectivity index (χ0n) is 16.9. The van der Waals surface area contributed by atoms with Gasteiger partial charge in [-0.3, -0.25) is 14.3 Å². The van der Waals surface area contributed by atoms with E-state index in [9.17, 15) is 9.59 Å². The predicted molar refractivity (Wildman–Crippen MR) is 126 cm³/mol. The molecule has 0 saturated carbocycles. The molecule has 0 saturated heterocycles. The molecule has 0 fully saturated rings. The summed E-state index contributed by atoms with van der Waals surface area (Å²) in [5.41, 5.74) is 9.42. The summed E-state index contributed by atoms with van der Waals surface area (Å²) in [6.07, 6.45) is 3.16. The van der Waals surface area contributed by atoms with E-state index in [4.69, 9.17) is 15.2 Å². The number of nitrogens with zero attached hydrogens (tertiary/aromatic N) is 3. The number of halogens is 2. The number of hydrazone groups is 1. The molecule has 2 amide bonds. The summed E-state index contributed by atoms with van der Waals surface area (Å²) in [6.45, 7) is 0.229. The van der Waals surface area contributed by atoms with Gasteiger partial charge in [0.1, 0.15) is 0 Å². The molecular weight excluding hydrogens is 546 g/mol. The highest BCUT2D eigenvalue weighted by atomic mass is 79.9. The minimum Gasteiger partial charge on any atom is -0.493 e. The second kappa shape index (κ2) is 10.9. The highest BCUT2D eigenvalue weighted by Gasteiger charge is 2.15. The highest BCUT2D eigenvalue weighted by molar-refractivity contribution is 9.10. The third-order valence-electron chi connectivity index (χ3n) is 4.13. The molecule has 1 aromatic heterocycles. The number of carbonyl (C=O) groups is 2. The Bertz CT molecular complexity index is 1150. The second-order valence-electron chi connectivity index (χ2n) is 6.51. The summed E-state index contributed by atoms with van der Waals surface area (Å²) in [7, 11) is 1.48. The van der Waals surface area contributed by atoms with Gasteiger partial charge in [0.05, 0.1) is 24.3 Å². The summed E-state index contributed by atoms with van der Waals surface area (Å²) in [5.74, 6) is -0.311. The first-order valence-corrected chi connectivity index (χ1v) is 10.8. The van der Waals surface area contributed by atoms with Crippen molar-refractivity contribution >= 4 is 49.9 Å². The molecule has 0 aliphatic rings. The average Bonchev–Trinajstić information content (AvgIpc) is 3.14. The van der Waals surface area contributed by atoms with Gasteiger partial charge in [0, 0.05) is 10.7 Å². The van der Waals surface area contributed by atoms with Crippen LogP contribution in [0.15, 0.2) is 62.7 Å². The highest BCUT2D eigenvalue weighted by Crippen LogP contribution is 2.27. The van der Waals surface area contributed by atoms with Crippen molar-refractivity contribution in [3.8, 4) is 11.5 Å². The zero-order chi connectivity index (χ0) is 23.1. The Morgan fingerprint density at radius 3 is 2.62 bits per heavy atom. The van der Waals surface area contributed by atoms with E-state index in [2.05, 4.69) is 47.5 Å². The SMILES string of the molecule is COc1ccc(/C=N\NC(=O)c2nn(Cc3ccc(Br)cc3)cc2Br)cc1OCC(N)=O. The lowest BCUT2D eigenvalue weighted by Crippen LogP contribution is -2.20. The molecule has 0 spiro atoms. The molecule has 0 atom stereocenters. The van der Waals surface area contributed by atoms with E-state index in [0.29, 0.717) is 28.1 Å². The number of nitrogens with two attached hydrogens (primary N) is 1. The topological polar surface area (TPSA) is 121 Å². The Kier molecular flexibility index (Phi) is 8.01. The number of aromatic nitrogens is 2. The summed E-state index contributed by atoms with van der Waals surface area (Å²) >= 11 is 6.77. The Morgan fingerprint density at radius 1 is 1.19 bits per heavy atom.